The van der Waals surface area contributed by atoms with Gasteiger partial charge in [0.1, 0.15) is 0 Å². The molecular formula is C38H22S. The fourth-order valence-corrected chi connectivity index (χ4v) is 7.81. The molecule has 0 saturated carbocycles. The van der Waals surface area contributed by atoms with Gasteiger partial charge in [-0.3, -0.25) is 0 Å². The Hall–Kier alpha value is -4.59. The Kier molecular flexibility index (Phi) is 4.36. The third kappa shape index (κ3) is 3.02. The van der Waals surface area contributed by atoms with Crippen molar-refractivity contribution < 1.29 is 0 Å². The van der Waals surface area contributed by atoms with Crippen molar-refractivity contribution in [3.8, 4) is 33.4 Å². The zero-order chi connectivity index (χ0) is 25.5. The minimum absolute atomic E-state index is 1.26. The quantitative estimate of drug-likeness (QED) is 0.208. The van der Waals surface area contributed by atoms with Crippen molar-refractivity contribution >= 4 is 54.9 Å². The number of fused-ring (bicyclic) bond motifs is 2. The predicted octanol–water partition coefficient (Wildman–Crippen LogP) is 11.2. The highest BCUT2D eigenvalue weighted by molar-refractivity contribution is 7.99. The van der Waals surface area contributed by atoms with E-state index in [9.17, 15) is 0 Å². The van der Waals surface area contributed by atoms with E-state index in [4.69, 9.17) is 0 Å². The van der Waals surface area contributed by atoms with Gasteiger partial charge >= 0.3 is 0 Å². The lowest BCUT2D eigenvalue weighted by molar-refractivity contribution is 1.40. The Labute approximate surface area is 230 Å². The van der Waals surface area contributed by atoms with Crippen LogP contribution in [-0.4, -0.2) is 0 Å². The summed E-state index contributed by atoms with van der Waals surface area (Å²) in [5.74, 6) is 0. The zero-order valence-corrected chi connectivity index (χ0v) is 21.9. The summed E-state index contributed by atoms with van der Waals surface area (Å²) in [6, 6.07) is 49.5. The molecule has 0 amide bonds. The first-order chi connectivity index (χ1) is 19.3. The molecular weight excluding hydrogens is 488 g/mol. The smallest absolute Gasteiger partial charge is 0.0207 e. The van der Waals surface area contributed by atoms with E-state index in [2.05, 4.69) is 133 Å². The van der Waals surface area contributed by atoms with Crippen LogP contribution in [0, 0.1) is 0 Å². The molecule has 9 rings (SSSR count). The summed E-state index contributed by atoms with van der Waals surface area (Å²) in [6.07, 6.45) is 0. The summed E-state index contributed by atoms with van der Waals surface area (Å²) in [4.78, 5) is 2.67. The molecule has 8 aromatic carbocycles. The van der Waals surface area contributed by atoms with Crippen molar-refractivity contribution in [2.45, 2.75) is 9.79 Å². The van der Waals surface area contributed by atoms with Gasteiger partial charge in [-0.05, 0) is 89.3 Å². The minimum atomic E-state index is 1.26. The summed E-state index contributed by atoms with van der Waals surface area (Å²) < 4.78 is 0. The summed E-state index contributed by atoms with van der Waals surface area (Å²) in [6.45, 7) is 0. The van der Waals surface area contributed by atoms with Crippen LogP contribution in [0.1, 0.15) is 0 Å². The molecule has 0 radical (unpaired) electrons. The van der Waals surface area contributed by atoms with Gasteiger partial charge in [0.2, 0.25) is 0 Å². The van der Waals surface area contributed by atoms with Crippen LogP contribution >= 0.6 is 11.8 Å². The molecule has 0 aromatic heterocycles. The highest BCUT2D eigenvalue weighted by atomic mass is 32.2. The van der Waals surface area contributed by atoms with E-state index in [-0.39, 0.29) is 0 Å². The van der Waals surface area contributed by atoms with E-state index in [0.29, 0.717) is 0 Å². The van der Waals surface area contributed by atoms with Crippen LogP contribution in [0.15, 0.2) is 143 Å². The molecule has 0 unspecified atom stereocenters. The van der Waals surface area contributed by atoms with Gasteiger partial charge in [-0.1, -0.05) is 127 Å². The van der Waals surface area contributed by atoms with E-state index in [1.54, 1.807) is 0 Å². The highest BCUT2D eigenvalue weighted by Gasteiger charge is 2.20. The Morgan fingerprint density at radius 1 is 0.333 bits per heavy atom. The summed E-state index contributed by atoms with van der Waals surface area (Å²) in [5.41, 5.74) is 7.75. The van der Waals surface area contributed by atoms with E-state index in [1.807, 2.05) is 11.8 Å². The maximum atomic E-state index is 2.38. The van der Waals surface area contributed by atoms with Crippen LogP contribution in [0.5, 0.6) is 0 Å². The van der Waals surface area contributed by atoms with E-state index >= 15 is 0 Å². The molecule has 8 aromatic rings. The molecule has 180 valence electrons. The van der Waals surface area contributed by atoms with Crippen LogP contribution in [0.3, 0.4) is 0 Å². The number of benzene rings is 8. The SMILES string of the molecule is c1cc(-c2ccc3c4c(cccc24)Sc2ccccc2-3)cc(-c2ccc3ccc4cccc5ccc2c3c45)c1. The molecule has 0 N–H and O–H groups in total. The first-order valence-electron chi connectivity index (χ1n) is 13.4. The Balaban J connectivity index is 1.26. The molecule has 0 bridgehead atoms. The maximum absolute atomic E-state index is 2.38. The van der Waals surface area contributed by atoms with Crippen molar-refractivity contribution in [2.24, 2.45) is 0 Å². The molecule has 1 heteroatoms. The lowest BCUT2D eigenvalue weighted by atomic mass is 9.88. The largest absolute Gasteiger partial charge is 0.0888 e. The van der Waals surface area contributed by atoms with E-state index < -0.39 is 0 Å². The van der Waals surface area contributed by atoms with Crippen LogP contribution in [0.4, 0.5) is 0 Å². The highest BCUT2D eigenvalue weighted by Crippen LogP contribution is 2.49. The molecule has 1 heterocycles. The molecule has 39 heavy (non-hydrogen) atoms. The maximum Gasteiger partial charge on any atom is 0.0207 e. The van der Waals surface area contributed by atoms with Gasteiger partial charge in [0, 0.05) is 15.2 Å². The van der Waals surface area contributed by atoms with E-state index in [0.717, 1.165) is 0 Å². The summed E-state index contributed by atoms with van der Waals surface area (Å²) in [5, 5.41) is 10.7. The van der Waals surface area contributed by atoms with Crippen LogP contribution < -0.4 is 0 Å². The topological polar surface area (TPSA) is 0 Å². The summed E-state index contributed by atoms with van der Waals surface area (Å²) >= 11 is 1.88. The number of hydrogen-bond donors (Lipinski definition) is 0. The molecule has 0 nitrogen and oxygen atoms in total. The number of rotatable bonds is 2. The van der Waals surface area contributed by atoms with Gasteiger partial charge < -0.3 is 0 Å². The zero-order valence-electron chi connectivity index (χ0n) is 21.1. The van der Waals surface area contributed by atoms with Crippen molar-refractivity contribution in [3.63, 3.8) is 0 Å². The van der Waals surface area contributed by atoms with Gasteiger partial charge in [-0.15, -0.1) is 0 Å². The standard InChI is InChI=1S/C38H22S/c1-2-12-34-30(10-1)33-21-20-29(31-11-5-13-35(39-34)38(31)33)27-9-4-8-26(22-27)28-18-16-25-15-14-23-6-3-7-24-17-19-32(28)37(25)36(23)24/h1-22H. The van der Waals surface area contributed by atoms with E-state index in [1.165, 1.54) is 86.3 Å². The fraction of sp³-hybridized carbons (Fsp3) is 0. The summed E-state index contributed by atoms with van der Waals surface area (Å²) in [7, 11) is 0. The van der Waals surface area contributed by atoms with Gasteiger partial charge in [0.15, 0.2) is 0 Å². The first kappa shape index (κ1) is 21.4. The third-order valence-corrected chi connectivity index (χ3v) is 9.55. The Bertz CT molecular complexity index is 2240. The molecule has 0 spiro atoms. The number of hydrogen-bond acceptors (Lipinski definition) is 1. The van der Waals surface area contributed by atoms with Crippen molar-refractivity contribution in [1.82, 2.24) is 0 Å². The van der Waals surface area contributed by atoms with Crippen molar-refractivity contribution in [1.29, 1.82) is 0 Å². The third-order valence-electron chi connectivity index (χ3n) is 8.41. The first-order valence-corrected chi connectivity index (χ1v) is 14.3. The minimum Gasteiger partial charge on any atom is -0.0888 e. The van der Waals surface area contributed by atoms with Gasteiger partial charge in [0.05, 0.1) is 0 Å². The average molecular weight is 511 g/mol. The predicted molar refractivity (Wildman–Crippen MR) is 168 cm³/mol. The molecule has 0 atom stereocenters. The fourth-order valence-electron chi connectivity index (χ4n) is 6.67. The molecule has 1 aliphatic heterocycles. The molecule has 0 aliphatic carbocycles. The van der Waals surface area contributed by atoms with Crippen molar-refractivity contribution in [2.75, 3.05) is 0 Å². The molecule has 0 fully saturated rings. The lowest BCUT2D eigenvalue weighted by Crippen LogP contribution is -1.94. The average Bonchev–Trinajstić information content (AvgIpc) is 3.00. The van der Waals surface area contributed by atoms with Gasteiger partial charge in [-0.2, -0.15) is 0 Å². The molecule has 1 aliphatic rings. The Morgan fingerprint density at radius 2 is 0.923 bits per heavy atom. The van der Waals surface area contributed by atoms with Gasteiger partial charge in [-0.25, -0.2) is 0 Å². The second kappa shape index (κ2) is 7.96. The van der Waals surface area contributed by atoms with Crippen LogP contribution in [0.25, 0.3) is 76.5 Å². The van der Waals surface area contributed by atoms with Crippen molar-refractivity contribution in [3.05, 3.63) is 133 Å². The van der Waals surface area contributed by atoms with Crippen LogP contribution in [0.2, 0.25) is 0 Å². The van der Waals surface area contributed by atoms with Gasteiger partial charge in [0.25, 0.3) is 0 Å². The molecule has 0 saturated heterocycles. The monoisotopic (exact) mass is 510 g/mol. The van der Waals surface area contributed by atoms with Crippen LogP contribution in [-0.2, 0) is 0 Å². The Morgan fingerprint density at radius 3 is 1.77 bits per heavy atom. The second-order valence-corrected chi connectivity index (χ2v) is 11.6. The normalized spacial score (nSPS) is 12.5. The lowest BCUT2D eigenvalue weighted by Gasteiger charge is -2.22. The second-order valence-electron chi connectivity index (χ2n) is 10.5.